The number of methoxy groups -OCH3 is 2. The van der Waals surface area contributed by atoms with Crippen LogP contribution in [0.5, 0.6) is 11.5 Å². The summed E-state index contributed by atoms with van der Waals surface area (Å²) in [5.74, 6) is 1.000. The Kier molecular flexibility index (Phi) is 8.52. The number of carbonyl (C=O) groups is 2. The summed E-state index contributed by atoms with van der Waals surface area (Å²) in [6, 6.07) is 18.6. The molecule has 1 N–H and O–H groups in total. The summed E-state index contributed by atoms with van der Waals surface area (Å²) in [5.41, 5.74) is 1.62. The molecule has 0 heterocycles. The van der Waals surface area contributed by atoms with E-state index in [0.717, 1.165) is 22.8 Å². The van der Waals surface area contributed by atoms with Gasteiger partial charge in [-0.15, -0.1) is 0 Å². The number of carbonyl (C=O) groups excluding carboxylic acids is 2. The van der Waals surface area contributed by atoms with Crippen molar-refractivity contribution < 1.29 is 19.1 Å². The molecule has 0 aliphatic carbocycles. The average molecular weight is 463 g/mol. The topological polar surface area (TPSA) is 67.9 Å². The summed E-state index contributed by atoms with van der Waals surface area (Å²) >= 11 is 0. The fourth-order valence-corrected chi connectivity index (χ4v) is 4.01. The standard InChI is InChI=1S/C28H34N2O4/c1-6-19(2)26(29-27(31)23-13-9-11-21-10-7-8-12-22(21)23)28(32)30(3)17-16-20-14-15-24(33-4)25(18-20)34-5/h7-15,18-19,26H,6,16-17H2,1-5H3,(H,29,31). The van der Waals surface area contributed by atoms with Crippen LogP contribution in [-0.2, 0) is 11.2 Å². The molecule has 3 aromatic rings. The van der Waals surface area contributed by atoms with Gasteiger partial charge in [-0.2, -0.15) is 0 Å². The van der Waals surface area contributed by atoms with Crippen LogP contribution >= 0.6 is 0 Å². The summed E-state index contributed by atoms with van der Waals surface area (Å²) in [4.78, 5) is 28.3. The van der Waals surface area contributed by atoms with Crippen molar-refractivity contribution in [3.05, 3.63) is 71.8 Å². The second kappa shape index (κ2) is 11.5. The highest BCUT2D eigenvalue weighted by Crippen LogP contribution is 2.28. The molecule has 0 aliphatic rings. The third-order valence-electron chi connectivity index (χ3n) is 6.36. The number of benzene rings is 3. The van der Waals surface area contributed by atoms with Crippen LogP contribution in [0.3, 0.4) is 0 Å². The summed E-state index contributed by atoms with van der Waals surface area (Å²) < 4.78 is 10.7. The van der Waals surface area contributed by atoms with E-state index in [0.29, 0.717) is 30.0 Å². The number of hydrogen-bond donors (Lipinski definition) is 1. The SMILES string of the molecule is CCC(C)C(NC(=O)c1cccc2ccccc12)C(=O)N(C)CCc1ccc(OC)c(OC)c1. The fraction of sp³-hybridized carbons (Fsp3) is 0.357. The Labute approximate surface area is 201 Å². The quantitative estimate of drug-likeness (QED) is 0.474. The van der Waals surface area contributed by atoms with Gasteiger partial charge >= 0.3 is 0 Å². The molecule has 6 heteroatoms. The lowest BCUT2D eigenvalue weighted by molar-refractivity contribution is -0.133. The van der Waals surface area contributed by atoms with Gasteiger partial charge in [-0.3, -0.25) is 9.59 Å². The van der Waals surface area contributed by atoms with E-state index in [-0.39, 0.29) is 17.7 Å². The van der Waals surface area contributed by atoms with E-state index < -0.39 is 6.04 Å². The van der Waals surface area contributed by atoms with Crippen molar-refractivity contribution in [3.63, 3.8) is 0 Å². The van der Waals surface area contributed by atoms with Gasteiger partial charge in [0.15, 0.2) is 11.5 Å². The Morgan fingerprint density at radius 1 is 0.971 bits per heavy atom. The lowest BCUT2D eigenvalue weighted by atomic mass is 9.96. The Balaban J connectivity index is 1.73. The van der Waals surface area contributed by atoms with E-state index in [4.69, 9.17) is 9.47 Å². The minimum absolute atomic E-state index is 0.00467. The van der Waals surface area contributed by atoms with Gasteiger partial charge in [0.25, 0.3) is 5.91 Å². The lowest BCUT2D eigenvalue weighted by Crippen LogP contribution is -2.51. The normalized spacial score (nSPS) is 12.6. The first-order valence-corrected chi connectivity index (χ1v) is 11.6. The fourth-order valence-electron chi connectivity index (χ4n) is 4.01. The maximum atomic E-state index is 13.4. The Morgan fingerprint density at radius 2 is 1.68 bits per heavy atom. The van der Waals surface area contributed by atoms with E-state index in [1.165, 1.54) is 0 Å². The zero-order valence-electron chi connectivity index (χ0n) is 20.6. The third kappa shape index (κ3) is 5.68. The monoisotopic (exact) mass is 462 g/mol. The number of nitrogens with zero attached hydrogens (tertiary/aromatic N) is 1. The highest BCUT2D eigenvalue weighted by atomic mass is 16.5. The van der Waals surface area contributed by atoms with E-state index in [1.54, 1.807) is 32.2 Å². The molecule has 34 heavy (non-hydrogen) atoms. The molecule has 0 aromatic heterocycles. The van der Waals surface area contributed by atoms with Crippen molar-refractivity contribution in [1.29, 1.82) is 0 Å². The molecule has 0 aliphatic heterocycles. The van der Waals surface area contributed by atoms with Gasteiger partial charge < -0.3 is 19.7 Å². The number of hydrogen-bond acceptors (Lipinski definition) is 4. The smallest absolute Gasteiger partial charge is 0.252 e. The molecule has 180 valence electrons. The number of likely N-dealkylation sites (N-methyl/N-ethyl adjacent to an activating group) is 1. The van der Waals surface area contributed by atoms with Crippen molar-refractivity contribution in [2.75, 3.05) is 27.8 Å². The predicted molar refractivity (Wildman–Crippen MR) is 136 cm³/mol. The molecule has 2 unspecified atom stereocenters. The van der Waals surface area contributed by atoms with E-state index >= 15 is 0 Å². The zero-order chi connectivity index (χ0) is 24.7. The zero-order valence-corrected chi connectivity index (χ0v) is 20.6. The first-order chi connectivity index (χ1) is 16.4. The highest BCUT2D eigenvalue weighted by Gasteiger charge is 2.29. The van der Waals surface area contributed by atoms with Crippen molar-refractivity contribution in [2.24, 2.45) is 5.92 Å². The molecule has 3 rings (SSSR count). The van der Waals surface area contributed by atoms with Crippen molar-refractivity contribution in [3.8, 4) is 11.5 Å². The number of amides is 2. The van der Waals surface area contributed by atoms with Gasteiger partial charge in [0, 0.05) is 19.2 Å². The van der Waals surface area contributed by atoms with Crippen LogP contribution in [0.1, 0.15) is 36.2 Å². The number of ether oxygens (including phenoxy) is 2. The molecule has 0 fully saturated rings. The van der Waals surface area contributed by atoms with Gasteiger partial charge in [0.05, 0.1) is 14.2 Å². The van der Waals surface area contributed by atoms with Crippen LogP contribution in [0, 0.1) is 5.92 Å². The highest BCUT2D eigenvalue weighted by molar-refractivity contribution is 6.08. The van der Waals surface area contributed by atoms with Crippen LogP contribution in [0.4, 0.5) is 0 Å². The second-order valence-corrected chi connectivity index (χ2v) is 8.56. The molecule has 0 saturated heterocycles. The molecular formula is C28H34N2O4. The van der Waals surface area contributed by atoms with Gasteiger partial charge in [0.1, 0.15) is 6.04 Å². The lowest BCUT2D eigenvalue weighted by Gasteiger charge is -2.28. The Hall–Kier alpha value is -3.54. The molecule has 0 bridgehead atoms. The third-order valence-corrected chi connectivity index (χ3v) is 6.36. The maximum Gasteiger partial charge on any atom is 0.252 e. The summed E-state index contributed by atoms with van der Waals surface area (Å²) in [6.07, 6.45) is 1.43. The van der Waals surface area contributed by atoms with Crippen molar-refractivity contribution >= 4 is 22.6 Å². The molecule has 2 atom stereocenters. The predicted octanol–water partition coefficient (Wildman–Crippen LogP) is 4.70. The van der Waals surface area contributed by atoms with Gasteiger partial charge in [-0.25, -0.2) is 0 Å². The van der Waals surface area contributed by atoms with Crippen molar-refractivity contribution in [2.45, 2.75) is 32.7 Å². The van der Waals surface area contributed by atoms with E-state index in [9.17, 15) is 9.59 Å². The molecule has 0 spiro atoms. The van der Waals surface area contributed by atoms with Gasteiger partial charge in [-0.1, -0.05) is 62.7 Å². The molecule has 6 nitrogen and oxygen atoms in total. The van der Waals surface area contributed by atoms with Crippen LogP contribution < -0.4 is 14.8 Å². The summed E-state index contributed by atoms with van der Waals surface area (Å²) in [6.45, 7) is 4.54. The second-order valence-electron chi connectivity index (χ2n) is 8.56. The molecule has 3 aromatic carbocycles. The molecule has 2 amide bonds. The first-order valence-electron chi connectivity index (χ1n) is 11.6. The molecular weight excluding hydrogens is 428 g/mol. The summed E-state index contributed by atoms with van der Waals surface area (Å²) in [7, 11) is 4.99. The molecule has 0 radical (unpaired) electrons. The Bertz CT molecular complexity index is 1140. The average Bonchev–Trinajstić information content (AvgIpc) is 2.88. The van der Waals surface area contributed by atoms with E-state index in [2.05, 4.69) is 5.32 Å². The van der Waals surface area contributed by atoms with Crippen LogP contribution in [0.25, 0.3) is 10.8 Å². The number of nitrogens with one attached hydrogen (secondary N) is 1. The largest absolute Gasteiger partial charge is 0.493 e. The minimum atomic E-state index is -0.605. The van der Waals surface area contributed by atoms with Crippen LogP contribution in [0.2, 0.25) is 0 Å². The molecule has 0 saturated carbocycles. The van der Waals surface area contributed by atoms with E-state index in [1.807, 2.05) is 68.4 Å². The van der Waals surface area contributed by atoms with Crippen molar-refractivity contribution in [1.82, 2.24) is 10.2 Å². The van der Waals surface area contributed by atoms with Crippen LogP contribution in [0.15, 0.2) is 60.7 Å². The minimum Gasteiger partial charge on any atom is -0.493 e. The first kappa shape index (κ1) is 25.1. The number of rotatable bonds is 10. The van der Waals surface area contributed by atoms with Crippen LogP contribution in [-0.4, -0.2) is 50.6 Å². The number of fused-ring (bicyclic) bond motifs is 1. The Morgan fingerprint density at radius 3 is 2.38 bits per heavy atom. The van der Waals surface area contributed by atoms with Gasteiger partial charge in [-0.05, 0) is 46.9 Å². The summed E-state index contributed by atoms with van der Waals surface area (Å²) in [5, 5.41) is 4.89. The maximum absolute atomic E-state index is 13.4. The van der Waals surface area contributed by atoms with Gasteiger partial charge in [0.2, 0.25) is 5.91 Å².